The Labute approximate surface area is 59.4 Å². The van der Waals surface area contributed by atoms with Gasteiger partial charge in [-0.05, 0) is 6.92 Å². The summed E-state index contributed by atoms with van der Waals surface area (Å²) >= 11 is 0. The molecule has 0 spiro atoms. The van der Waals surface area contributed by atoms with Gasteiger partial charge in [-0.15, -0.1) is 0 Å². The molecule has 3 atom stereocenters. The number of hydrogen-bond donors (Lipinski definition) is 2. The van der Waals surface area contributed by atoms with Gasteiger partial charge in [0.25, 0.3) is 0 Å². The molecule has 0 amide bonds. The van der Waals surface area contributed by atoms with Crippen LogP contribution in [0, 0.1) is 0 Å². The molecular weight excluding hydrogens is 136 g/mol. The summed E-state index contributed by atoms with van der Waals surface area (Å²) in [6.45, 7) is 1.74. The minimum atomic E-state index is -0.709. The zero-order valence-corrected chi connectivity index (χ0v) is 5.86. The van der Waals surface area contributed by atoms with Crippen LogP contribution in [0.1, 0.15) is 6.92 Å². The molecule has 4 nitrogen and oxygen atoms in total. The molecule has 1 rings (SSSR count). The lowest BCUT2D eigenvalue weighted by molar-refractivity contribution is -0.232. The van der Waals surface area contributed by atoms with Gasteiger partial charge in [0, 0.05) is 0 Å². The first-order valence-electron chi connectivity index (χ1n) is 3.28. The Hall–Kier alpha value is -0.160. The van der Waals surface area contributed by atoms with Crippen LogP contribution < -0.4 is 0 Å². The Bertz CT molecular complexity index is 106. The van der Waals surface area contributed by atoms with E-state index < -0.39 is 12.2 Å². The highest BCUT2D eigenvalue weighted by Crippen LogP contribution is 2.12. The molecule has 60 valence electrons. The second-order valence-corrected chi connectivity index (χ2v) is 2.37. The minimum absolute atomic E-state index is 0.156. The molecule has 1 fully saturated rings. The average molecular weight is 148 g/mol. The molecule has 1 saturated heterocycles. The predicted octanol–water partition coefficient (Wildman–Crippen LogP) is -0.899. The van der Waals surface area contributed by atoms with Crippen molar-refractivity contribution >= 4 is 0 Å². The SMILES string of the molecule is C[C@@H]1OCO[C@H](CO)[C@@H]1O. The molecule has 0 aliphatic carbocycles. The average Bonchev–Trinajstić information content (AvgIpc) is 1.95. The van der Waals surface area contributed by atoms with Crippen molar-refractivity contribution in [3.8, 4) is 0 Å². The first kappa shape index (κ1) is 7.94. The normalized spacial score (nSPS) is 41.7. The zero-order valence-electron chi connectivity index (χ0n) is 5.86. The maximum absolute atomic E-state index is 9.23. The minimum Gasteiger partial charge on any atom is -0.394 e. The number of aliphatic hydroxyl groups is 2. The quantitative estimate of drug-likeness (QED) is 0.506. The summed E-state index contributed by atoms with van der Waals surface area (Å²) in [6.07, 6.45) is -1.44. The van der Waals surface area contributed by atoms with E-state index in [0.717, 1.165) is 0 Å². The van der Waals surface area contributed by atoms with Gasteiger partial charge in [0.2, 0.25) is 0 Å². The van der Waals surface area contributed by atoms with E-state index in [2.05, 4.69) is 0 Å². The van der Waals surface area contributed by atoms with Crippen molar-refractivity contribution in [2.24, 2.45) is 0 Å². The summed E-state index contributed by atoms with van der Waals surface area (Å²) < 4.78 is 9.83. The predicted molar refractivity (Wildman–Crippen MR) is 33.4 cm³/mol. The van der Waals surface area contributed by atoms with E-state index in [4.69, 9.17) is 14.6 Å². The molecule has 0 aromatic carbocycles. The molecule has 10 heavy (non-hydrogen) atoms. The van der Waals surface area contributed by atoms with Crippen LogP contribution in [0.3, 0.4) is 0 Å². The van der Waals surface area contributed by atoms with E-state index >= 15 is 0 Å². The fraction of sp³-hybridized carbons (Fsp3) is 1.00. The Morgan fingerprint density at radius 3 is 2.70 bits per heavy atom. The van der Waals surface area contributed by atoms with Crippen LogP contribution >= 0.6 is 0 Å². The molecule has 0 aromatic heterocycles. The maximum Gasteiger partial charge on any atom is 0.147 e. The fourth-order valence-electron chi connectivity index (χ4n) is 0.894. The molecule has 0 saturated carbocycles. The highest BCUT2D eigenvalue weighted by atomic mass is 16.7. The van der Waals surface area contributed by atoms with Crippen molar-refractivity contribution in [3.05, 3.63) is 0 Å². The standard InChI is InChI=1S/C6H12O4/c1-4-6(8)5(2-7)10-3-9-4/h4-8H,2-3H2,1H3/t4-,5+,6+/m0/s1. The first-order valence-corrected chi connectivity index (χ1v) is 3.28. The molecule has 1 aliphatic rings. The molecule has 0 radical (unpaired) electrons. The second kappa shape index (κ2) is 3.30. The summed E-state index contributed by atoms with van der Waals surface area (Å²) in [7, 11) is 0. The van der Waals surface area contributed by atoms with E-state index in [9.17, 15) is 5.11 Å². The molecule has 1 heterocycles. The van der Waals surface area contributed by atoms with Crippen LogP contribution in [0.4, 0.5) is 0 Å². The van der Waals surface area contributed by atoms with E-state index in [1.165, 1.54) is 0 Å². The third-order valence-corrected chi connectivity index (χ3v) is 1.65. The van der Waals surface area contributed by atoms with Gasteiger partial charge < -0.3 is 19.7 Å². The highest BCUT2D eigenvalue weighted by Gasteiger charge is 2.29. The summed E-state index contributed by atoms with van der Waals surface area (Å²) in [5.74, 6) is 0. The van der Waals surface area contributed by atoms with Crippen LogP contribution in [-0.2, 0) is 9.47 Å². The smallest absolute Gasteiger partial charge is 0.147 e. The summed E-state index contributed by atoms with van der Waals surface area (Å²) in [5, 5.41) is 17.9. The summed E-state index contributed by atoms with van der Waals surface area (Å²) in [5.41, 5.74) is 0. The Morgan fingerprint density at radius 2 is 2.20 bits per heavy atom. The van der Waals surface area contributed by atoms with Gasteiger partial charge in [0.05, 0.1) is 12.7 Å². The Kier molecular flexibility index (Phi) is 2.62. The van der Waals surface area contributed by atoms with Crippen LogP contribution in [0.15, 0.2) is 0 Å². The fourth-order valence-corrected chi connectivity index (χ4v) is 0.894. The van der Waals surface area contributed by atoms with Gasteiger partial charge in [-0.25, -0.2) is 0 Å². The lowest BCUT2D eigenvalue weighted by atomic mass is 10.1. The van der Waals surface area contributed by atoms with E-state index in [0.29, 0.717) is 0 Å². The lowest BCUT2D eigenvalue weighted by Crippen LogP contribution is -2.46. The zero-order chi connectivity index (χ0) is 7.56. The summed E-state index contributed by atoms with van der Waals surface area (Å²) in [6, 6.07) is 0. The molecule has 2 N–H and O–H groups in total. The lowest BCUT2D eigenvalue weighted by Gasteiger charge is -2.31. The van der Waals surface area contributed by atoms with Gasteiger partial charge in [-0.1, -0.05) is 0 Å². The molecule has 0 bridgehead atoms. The Balaban J connectivity index is 2.42. The molecule has 0 unspecified atom stereocenters. The monoisotopic (exact) mass is 148 g/mol. The largest absolute Gasteiger partial charge is 0.394 e. The van der Waals surface area contributed by atoms with Crippen molar-refractivity contribution < 1.29 is 19.7 Å². The van der Waals surface area contributed by atoms with Crippen molar-refractivity contribution in [2.75, 3.05) is 13.4 Å². The van der Waals surface area contributed by atoms with E-state index in [-0.39, 0.29) is 19.5 Å². The van der Waals surface area contributed by atoms with Crippen LogP contribution in [0.2, 0.25) is 0 Å². The van der Waals surface area contributed by atoms with Crippen molar-refractivity contribution in [3.63, 3.8) is 0 Å². The van der Waals surface area contributed by atoms with E-state index in [1.54, 1.807) is 6.92 Å². The molecule has 4 heteroatoms. The third kappa shape index (κ3) is 1.46. The number of aliphatic hydroxyl groups excluding tert-OH is 2. The van der Waals surface area contributed by atoms with Gasteiger partial charge in [-0.3, -0.25) is 0 Å². The molecular formula is C6H12O4. The first-order chi connectivity index (χ1) is 4.75. The molecule has 0 aromatic rings. The van der Waals surface area contributed by atoms with Crippen LogP contribution in [-0.4, -0.2) is 41.9 Å². The topological polar surface area (TPSA) is 58.9 Å². The van der Waals surface area contributed by atoms with E-state index in [1.807, 2.05) is 0 Å². The molecule has 1 aliphatic heterocycles. The van der Waals surface area contributed by atoms with Crippen LogP contribution in [0.5, 0.6) is 0 Å². The Morgan fingerprint density at radius 1 is 1.50 bits per heavy atom. The number of hydrogen-bond acceptors (Lipinski definition) is 4. The highest BCUT2D eigenvalue weighted by molar-refractivity contribution is 4.76. The van der Waals surface area contributed by atoms with Gasteiger partial charge in [0.1, 0.15) is 19.0 Å². The summed E-state index contributed by atoms with van der Waals surface area (Å²) in [4.78, 5) is 0. The van der Waals surface area contributed by atoms with Gasteiger partial charge >= 0.3 is 0 Å². The third-order valence-electron chi connectivity index (χ3n) is 1.65. The second-order valence-electron chi connectivity index (χ2n) is 2.37. The number of ether oxygens (including phenoxy) is 2. The van der Waals surface area contributed by atoms with Crippen molar-refractivity contribution in [1.29, 1.82) is 0 Å². The van der Waals surface area contributed by atoms with Crippen molar-refractivity contribution in [2.45, 2.75) is 25.2 Å². The van der Waals surface area contributed by atoms with Gasteiger partial charge in [0.15, 0.2) is 0 Å². The van der Waals surface area contributed by atoms with Gasteiger partial charge in [-0.2, -0.15) is 0 Å². The van der Waals surface area contributed by atoms with Crippen molar-refractivity contribution in [1.82, 2.24) is 0 Å². The maximum atomic E-state index is 9.23. The van der Waals surface area contributed by atoms with Crippen LogP contribution in [0.25, 0.3) is 0 Å². The number of rotatable bonds is 1.